The molecule has 0 aliphatic carbocycles. The number of nitrogens with one attached hydrogen (secondary N) is 1. The number of rotatable bonds is 3. The van der Waals surface area contributed by atoms with Crippen molar-refractivity contribution in [3.05, 3.63) is 12.1 Å². The van der Waals surface area contributed by atoms with Crippen molar-refractivity contribution in [1.29, 1.82) is 5.26 Å². The van der Waals surface area contributed by atoms with Gasteiger partial charge in [-0.25, -0.2) is 20.2 Å². The van der Waals surface area contributed by atoms with E-state index in [0.29, 0.717) is 6.54 Å². The van der Waals surface area contributed by atoms with Crippen LogP contribution in [0.25, 0.3) is 0 Å². The Morgan fingerprint density at radius 1 is 1.43 bits per heavy atom. The smallest absolute Gasteiger partial charge is 0.426 e. The molecule has 1 N–H and O–H groups in total. The Hall–Kier alpha value is -2.23. The van der Waals surface area contributed by atoms with Gasteiger partial charge in [0.15, 0.2) is 6.07 Å². The average molecular weight is 294 g/mol. The summed E-state index contributed by atoms with van der Waals surface area (Å²) in [6.45, 7) is 11.8. The maximum absolute atomic E-state index is 11.9. The second-order valence-corrected chi connectivity index (χ2v) is 6.88. The number of aromatic nitrogens is 1. The molecule has 0 aliphatic rings. The van der Waals surface area contributed by atoms with Crippen molar-refractivity contribution in [2.75, 3.05) is 11.6 Å². The van der Waals surface area contributed by atoms with E-state index in [4.69, 9.17) is 14.4 Å². The largest absolute Gasteiger partial charge is 0.443 e. The van der Waals surface area contributed by atoms with Gasteiger partial charge in [-0.2, -0.15) is 5.26 Å². The van der Waals surface area contributed by atoms with E-state index in [1.165, 1.54) is 11.2 Å². The lowest BCUT2D eigenvalue weighted by atomic mass is 9.97. The third-order valence-electron chi connectivity index (χ3n) is 2.11. The van der Waals surface area contributed by atoms with Gasteiger partial charge in [0.25, 0.3) is 0 Å². The molecule has 0 saturated heterocycles. The molecule has 1 amide bonds. The minimum absolute atomic E-state index is 0.0603. The molecule has 7 heteroatoms. The monoisotopic (exact) mass is 294 g/mol. The van der Waals surface area contributed by atoms with Gasteiger partial charge in [0.2, 0.25) is 5.88 Å². The minimum atomic E-state index is -0.600. The number of hydrogen-bond donors (Lipinski definition) is 1. The molecule has 0 aliphatic heterocycles. The van der Waals surface area contributed by atoms with Gasteiger partial charge in [-0.05, 0) is 26.2 Å². The van der Waals surface area contributed by atoms with Crippen LogP contribution in [0.5, 0.6) is 0 Å². The third-order valence-corrected chi connectivity index (χ3v) is 2.11. The van der Waals surface area contributed by atoms with Crippen molar-refractivity contribution in [1.82, 2.24) is 10.4 Å². The number of ether oxygens (including phenoxy) is 1. The molecule has 0 atom stereocenters. The van der Waals surface area contributed by atoms with Gasteiger partial charge in [-0.1, -0.05) is 20.8 Å². The first-order valence-corrected chi connectivity index (χ1v) is 6.63. The van der Waals surface area contributed by atoms with Crippen LogP contribution in [0.1, 0.15) is 47.4 Å². The van der Waals surface area contributed by atoms with E-state index in [0.717, 1.165) is 0 Å². The van der Waals surface area contributed by atoms with E-state index in [1.807, 2.05) is 26.8 Å². The number of anilines is 1. The van der Waals surface area contributed by atoms with E-state index in [-0.39, 0.29) is 17.2 Å². The maximum atomic E-state index is 11.9. The molecule has 1 aromatic heterocycles. The first-order chi connectivity index (χ1) is 9.50. The number of oxazole rings is 1. The second-order valence-electron chi connectivity index (χ2n) is 6.88. The molecule has 0 bridgehead atoms. The number of nitrogens with zero attached hydrogens (tertiary/aromatic N) is 3. The maximum Gasteiger partial charge on any atom is 0.426 e. The van der Waals surface area contributed by atoms with E-state index in [2.05, 4.69) is 10.4 Å². The molecule has 0 saturated carbocycles. The SMILES string of the molecule is CC(C)(C)CN(NC(=O)OC(C)(C)C)c1cnc(C#N)o1. The van der Waals surface area contributed by atoms with Crippen LogP contribution in [-0.2, 0) is 4.74 Å². The first kappa shape index (κ1) is 16.8. The summed E-state index contributed by atoms with van der Waals surface area (Å²) < 4.78 is 10.5. The highest BCUT2D eigenvalue weighted by Gasteiger charge is 2.24. The predicted octanol–water partition coefficient (Wildman–Crippen LogP) is 2.84. The molecule has 0 unspecified atom stereocenters. The van der Waals surface area contributed by atoms with Crippen LogP contribution in [0, 0.1) is 16.7 Å². The molecule has 1 rings (SSSR count). The predicted molar refractivity (Wildman–Crippen MR) is 77.4 cm³/mol. The van der Waals surface area contributed by atoms with Gasteiger partial charge in [0.05, 0.1) is 6.20 Å². The second kappa shape index (κ2) is 6.04. The van der Waals surface area contributed by atoms with Crippen molar-refractivity contribution in [2.45, 2.75) is 47.1 Å². The Labute approximate surface area is 124 Å². The highest BCUT2D eigenvalue weighted by Crippen LogP contribution is 2.21. The molecule has 21 heavy (non-hydrogen) atoms. The summed E-state index contributed by atoms with van der Waals surface area (Å²) in [6, 6.07) is 1.81. The van der Waals surface area contributed by atoms with E-state index in [9.17, 15) is 4.79 Å². The number of nitriles is 1. The minimum Gasteiger partial charge on any atom is -0.443 e. The molecule has 0 spiro atoms. The highest BCUT2D eigenvalue weighted by atomic mass is 16.6. The molecular weight excluding hydrogens is 272 g/mol. The van der Waals surface area contributed by atoms with Crippen molar-refractivity contribution in [3.8, 4) is 6.07 Å². The van der Waals surface area contributed by atoms with Crippen LogP contribution in [0.15, 0.2) is 10.6 Å². The van der Waals surface area contributed by atoms with Crippen LogP contribution in [0.2, 0.25) is 0 Å². The standard InChI is InChI=1S/C14H22N4O3/c1-13(2,3)9-18(11-8-16-10(7-15)20-11)17-12(19)21-14(4,5)6/h8H,9H2,1-6H3,(H,17,19). The van der Waals surface area contributed by atoms with Crippen molar-refractivity contribution in [3.63, 3.8) is 0 Å². The van der Waals surface area contributed by atoms with Gasteiger partial charge < -0.3 is 9.15 Å². The summed E-state index contributed by atoms with van der Waals surface area (Å²) in [7, 11) is 0. The molecule has 0 fully saturated rings. The van der Waals surface area contributed by atoms with Crippen LogP contribution < -0.4 is 10.4 Å². The topological polar surface area (TPSA) is 91.4 Å². The molecule has 116 valence electrons. The number of carbonyl (C=O) groups excluding carboxylic acids is 1. The first-order valence-electron chi connectivity index (χ1n) is 6.63. The lowest BCUT2D eigenvalue weighted by Gasteiger charge is -2.30. The average Bonchev–Trinajstić information content (AvgIpc) is 2.71. The molecular formula is C14H22N4O3. The zero-order valence-corrected chi connectivity index (χ0v) is 13.4. The Kier molecular flexibility index (Phi) is 4.84. The van der Waals surface area contributed by atoms with E-state index >= 15 is 0 Å². The molecule has 1 aromatic rings. The quantitative estimate of drug-likeness (QED) is 0.862. The van der Waals surface area contributed by atoms with Gasteiger partial charge in [-0.15, -0.1) is 0 Å². The summed E-state index contributed by atoms with van der Waals surface area (Å²) in [5.74, 6) is 0.224. The number of amides is 1. The van der Waals surface area contributed by atoms with E-state index in [1.54, 1.807) is 20.8 Å². The number of hydrogen-bond acceptors (Lipinski definition) is 6. The summed E-state index contributed by atoms with van der Waals surface area (Å²) in [4.78, 5) is 15.7. The number of hydrazine groups is 1. The lowest BCUT2D eigenvalue weighted by Crippen LogP contribution is -2.48. The van der Waals surface area contributed by atoms with Crippen molar-refractivity contribution >= 4 is 12.0 Å². The fraction of sp³-hybridized carbons (Fsp3) is 0.643. The van der Waals surface area contributed by atoms with Crippen LogP contribution >= 0.6 is 0 Å². The Balaban J connectivity index is 2.88. The Bertz CT molecular complexity index is 532. The van der Waals surface area contributed by atoms with Crippen LogP contribution in [0.4, 0.5) is 10.7 Å². The third kappa shape index (κ3) is 6.17. The Morgan fingerprint density at radius 3 is 2.48 bits per heavy atom. The summed E-state index contributed by atoms with van der Waals surface area (Å²) in [5, 5.41) is 10.3. The summed E-state index contributed by atoms with van der Waals surface area (Å²) >= 11 is 0. The van der Waals surface area contributed by atoms with Gasteiger partial charge in [0.1, 0.15) is 5.60 Å². The van der Waals surface area contributed by atoms with Crippen molar-refractivity contribution in [2.24, 2.45) is 5.41 Å². The fourth-order valence-corrected chi connectivity index (χ4v) is 1.50. The zero-order chi connectivity index (χ0) is 16.3. The summed E-state index contributed by atoms with van der Waals surface area (Å²) in [6.07, 6.45) is 0.795. The summed E-state index contributed by atoms with van der Waals surface area (Å²) in [5.41, 5.74) is 1.90. The molecule has 0 aromatic carbocycles. The fourth-order valence-electron chi connectivity index (χ4n) is 1.50. The molecule has 1 heterocycles. The van der Waals surface area contributed by atoms with Gasteiger partial charge in [0, 0.05) is 6.54 Å². The van der Waals surface area contributed by atoms with Crippen LogP contribution in [0.3, 0.4) is 0 Å². The van der Waals surface area contributed by atoms with Crippen LogP contribution in [-0.4, -0.2) is 23.2 Å². The normalized spacial score (nSPS) is 11.7. The van der Waals surface area contributed by atoms with Gasteiger partial charge in [-0.3, -0.25) is 0 Å². The molecule has 7 nitrogen and oxygen atoms in total. The zero-order valence-electron chi connectivity index (χ0n) is 13.4. The van der Waals surface area contributed by atoms with Crippen molar-refractivity contribution < 1.29 is 13.9 Å². The van der Waals surface area contributed by atoms with E-state index < -0.39 is 11.7 Å². The lowest BCUT2D eigenvalue weighted by molar-refractivity contribution is 0.0514. The number of carbonyl (C=O) groups is 1. The van der Waals surface area contributed by atoms with Gasteiger partial charge >= 0.3 is 12.0 Å². The molecule has 0 radical (unpaired) electrons. The Morgan fingerprint density at radius 2 is 2.05 bits per heavy atom. The highest BCUT2D eigenvalue weighted by molar-refractivity contribution is 5.69.